The molecule has 1 aromatic heterocycles. The molecule has 2 aromatic carbocycles. The number of primary amides is 1. The Kier molecular flexibility index (Phi) is 7.02. The van der Waals surface area contributed by atoms with Crippen molar-refractivity contribution in [1.29, 1.82) is 0 Å². The van der Waals surface area contributed by atoms with Gasteiger partial charge in [-0.25, -0.2) is 0 Å². The van der Waals surface area contributed by atoms with E-state index in [1.807, 2.05) is 19.1 Å². The maximum absolute atomic E-state index is 14.0. The number of hydrogen-bond acceptors (Lipinski definition) is 7. The number of carbonyl (C=O) groups excluding carboxylic acids is 3. The normalized spacial score (nSPS) is 14.4. The molecule has 3 amide bonds. The molecule has 0 unspecified atom stereocenters. The number of nitrogen functional groups attached to an aromatic ring is 1. The first kappa shape index (κ1) is 24.2. The Labute approximate surface area is 206 Å². The summed E-state index contributed by atoms with van der Waals surface area (Å²) in [5.74, 6) is -1.73. The van der Waals surface area contributed by atoms with E-state index in [9.17, 15) is 19.5 Å². The number of aromatic hydroxyl groups is 1. The second kappa shape index (κ2) is 10.1. The number of nitrogens with zero attached hydrogens (tertiary/aromatic N) is 2. The summed E-state index contributed by atoms with van der Waals surface area (Å²) in [6.07, 6.45) is 3.80. The number of hydrogen-bond donors (Lipinski definition) is 4. The second-order valence-electron chi connectivity index (χ2n) is 8.58. The minimum Gasteiger partial charge on any atom is -0.508 e. The molecule has 0 aliphatic heterocycles. The zero-order valence-corrected chi connectivity index (χ0v) is 20.0. The molecule has 35 heavy (non-hydrogen) atoms. The van der Waals surface area contributed by atoms with E-state index in [4.69, 9.17) is 11.5 Å². The Bertz CT molecular complexity index is 1250. The number of rotatable bonds is 7. The molecule has 0 radical (unpaired) electrons. The van der Waals surface area contributed by atoms with Crippen LogP contribution in [0.2, 0.25) is 0 Å². The van der Waals surface area contributed by atoms with Gasteiger partial charge in [-0.2, -0.15) is 4.37 Å². The van der Waals surface area contributed by atoms with Gasteiger partial charge in [-0.15, -0.1) is 0 Å². The molecule has 10 heteroatoms. The minimum atomic E-state index is -1.07. The van der Waals surface area contributed by atoms with Crippen LogP contribution in [0.4, 0.5) is 11.4 Å². The quantitative estimate of drug-likeness (QED) is 0.396. The van der Waals surface area contributed by atoms with E-state index in [0.717, 1.165) is 42.8 Å². The fourth-order valence-corrected chi connectivity index (χ4v) is 5.10. The van der Waals surface area contributed by atoms with Crippen LogP contribution in [-0.4, -0.2) is 33.2 Å². The lowest BCUT2D eigenvalue weighted by molar-refractivity contribution is -0.123. The smallest absolute Gasteiger partial charge is 0.273 e. The largest absolute Gasteiger partial charge is 0.508 e. The molecule has 182 valence electrons. The summed E-state index contributed by atoms with van der Waals surface area (Å²) in [5.41, 5.74) is 12.9. The number of para-hydroxylation sites is 1. The van der Waals surface area contributed by atoms with E-state index in [1.54, 1.807) is 24.3 Å². The van der Waals surface area contributed by atoms with Gasteiger partial charge in [0, 0.05) is 11.7 Å². The van der Waals surface area contributed by atoms with Crippen LogP contribution in [0.25, 0.3) is 0 Å². The number of anilines is 2. The minimum absolute atomic E-state index is 0.0134. The van der Waals surface area contributed by atoms with Crippen molar-refractivity contribution in [3.63, 3.8) is 0 Å². The Balaban J connectivity index is 1.86. The fourth-order valence-electron chi connectivity index (χ4n) is 4.36. The first-order valence-corrected chi connectivity index (χ1v) is 12.1. The Hall–Kier alpha value is -3.92. The first-order chi connectivity index (χ1) is 16.8. The average Bonchev–Trinajstić information content (AvgIpc) is 3.48. The first-order valence-electron chi connectivity index (χ1n) is 11.3. The lowest BCUT2D eigenvalue weighted by Crippen LogP contribution is -2.46. The zero-order valence-electron chi connectivity index (χ0n) is 19.2. The summed E-state index contributed by atoms with van der Waals surface area (Å²) < 4.78 is 3.97. The maximum Gasteiger partial charge on any atom is 0.273 e. The van der Waals surface area contributed by atoms with Crippen LogP contribution in [0.15, 0.2) is 48.5 Å². The van der Waals surface area contributed by atoms with Gasteiger partial charge in [0.1, 0.15) is 16.7 Å². The Morgan fingerprint density at radius 3 is 2.37 bits per heavy atom. The molecular formula is C25H27N5O4S. The summed E-state index contributed by atoms with van der Waals surface area (Å²) in [5, 5.41) is 12.9. The molecule has 1 saturated carbocycles. The number of nitrogens with two attached hydrogens (primary N) is 2. The number of nitrogens with one attached hydrogen (secondary N) is 1. The van der Waals surface area contributed by atoms with Gasteiger partial charge in [0.05, 0.1) is 5.69 Å². The Morgan fingerprint density at radius 2 is 1.77 bits per heavy atom. The van der Waals surface area contributed by atoms with Crippen molar-refractivity contribution in [2.45, 2.75) is 44.7 Å². The standard InChI is InChI=1S/C25H27N5O4S/c1-14-6-2-5-9-18(14)30(25(34)22-19(26)20(23(27)32)29-35-22)21(15-10-12-17(31)13-11-15)24(33)28-16-7-3-4-8-16/h2,5-6,9-13,16,21,31H,3-4,7-8,26H2,1H3,(H2,27,32)(H,28,33)/t21-/m1/s1. The number of amides is 3. The molecule has 0 bridgehead atoms. The van der Waals surface area contributed by atoms with E-state index in [-0.39, 0.29) is 34.0 Å². The highest BCUT2D eigenvalue weighted by atomic mass is 32.1. The molecule has 1 fully saturated rings. The third kappa shape index (κ3) is 4.97. The molecule has 3 aromatic rings. The van der Waals surface area contributed by atoms with Gasteiger partial charge in [-0.1, -0.05) is 43.2 Å². The summed E-state index contributed by atoms with van der Waals surface area (Å²) in [7, 11) is 0. The topological polar surface area (TPSA) is 152 Å². The number of carbonyl (C=O) groups is 3. The van der Waals surface area contributed by atoms with Crippen LogP contribution >= 0.6 is 11.5 Å². The van der Waals surface area contributed by atoms with Gasteiger partial charge in [0.15, 0.2) is 5.69 Å². The number of phenols is 1. The molecule has 4 rings (SSSR count). The van der Waals surface area contributed by atoms with Gasteiger partial charge in [-0.3, -0.25) is 19.3 Å². The highest BCUT2D eigenvalue weighted by Crippen LogP contribution is 2.35. The molecule has 1 atom stereocenters. The summed E-state index contributed by atoms with van der Waals surface area (Å²) >= 11 is 0.762. The van der Waals surface area contributed by atoms with E-state index in [0.29, 0.717) is 11.3 Å². The maximum atomic E-state index is 14.0. The summed E-state index contributed by atoms with van der Waals surface area (Å²) in [6.45, 7) is 1.84. The highest BCUT2D eigenvalue weighted by molar-refractivity contribution is 7.09. The second-order valence-corrected chi connectivity index (χ2v) is 9.36. The third-order valence-electron chi connectivity index (χ3n) is 6.17. The molecule has 0 saturated heterocycles. The van der Waals surface area contributed by atoms with Crippen molar-refractivity contribution in [2.24, 2.45) is 5.73 Å². The third-order valence-corrected chi connectivity index (χ3v) is 7.02. The molecule has 9 nitrogen and oxygen atoms in total. The monoisotopic (exact) mass is 493 g/mol. The highest BCUT2D eigenvalue weighted by Gasteiger charge is 2.37. The predicted molar refractivity (Wildman–Crippen MR) is 134 cm³/mol. The number of aryl methyl sites for hydroxylation is 1. The lowest BCUT2D eigenvalue weighted by Gasteiger charge is -2.33. The van der Waals surface area contributed by atoms with Crippen molar-refractivity contribution < 1.29 is 19.5 Å². The molecule has 1 aliphatic rings. The summed E-state index contributed by atoms with van der Waals surface area (Å²) in [6, 6.07) is 12.3. The van der Waals surface area contributed by atoms with Crippen molar-refractivity contribution in [3.05, 3.63) is 70.2 Å². The summed E-state index contributed by atoms with van der Waals surface area (Å²) in [4.78, 5) is 40.9. The van der Waals surface area contributed by atoms with Gasteiger partial charge >= 0.3 is 0 Å². The van der Waals surface area contributed by atoms with Crippen molar-refractivity contribution in [2.75, 3.05) is 10.6 Å². The van der Waals surface area contributed by atoms with Crippen molar-refractivity contribution >= 4 is 40.6 Å². The Morgan fingerprint density at radius 1 is 1.11 bits per heavy atom. The van der Waals surface area contributed by atoms with Gasteiger partial charge in [0.2, 0.25) is 5.91 Å². The average molecular weight is 494 g/mol. The molecular weight excluding hydrogens is 466 g/mol. The predicted octanol–water partition coefficient (Wildman–Crippen LogP) is 3.29. The zero-order chi connectivity index (χ0) is 25.1. The van der Waals surface area contributed by atoms with Crippen LogP contribution in [0.5, 0.6) is 5.75 Å². The molecule has 1 heterocycles. The fraction of sp³-hybridized carbons (Fsp3) is 0.280. The number of phenolic OH excluding ortho intramolecular Hbond substituents is 1. The van der Waals surface area contributed by atoms with E-state index in [1.165, 1.54) is 17.0 Å². The van der Waals surface area contributed by atoms with Crippen molar-refractivity contribution in [1.82, 2.24) is 9.69 Å². The van der Waals surface area contributed by atoms with Gasteiger partial charge < -0.3 is 21.9 Å². The number of benzene rings is 2. The van der Waals surface area contributed by atoms with Crippen molar-refractivity contribution in [3.8, 4) is 5.75 Å². The lowest BCUT2D eigenvalue weighted by atomic mass is 10.0. The van der Waals surface area contributed by atoms with Crippen LogP contribution in [0.1, 0.15) is 63.0 Å². The van der Waals surface area contributed by atoms with Gasteiger partial charge in [0.25, 0.3) is 11.8 Å². The molecule has 0 spiro atoms. The van der Waals surface area contributed by atoms with Crippen LogP contribution in [0, 0.1) is 6.92 Å². The SMILES string of the molecule is Cc1ccccc1N(C(=O)c1snc(C(N)=O)c1N)[C@@H](C(=O)NC1CCCC1)c1ccc(O)cc1. The molecule has 6 N–H and O–H groups in total. The van der Waals surface area contributed by atoms with E-state index < -0.39 is 17.9 Å². The molecule has 1 aliphatic carbocycles. The van der Waals surface area contributed by atoms with E-state index >= 15 is 0 Å². The van der Waals surface area contributed by atoms with Crippen LogP contribution in [-0.2, 0) is 4.79 Å². The van der Waals surface area contributed by atoms with Crippen LogP contribution < -0.4 is 21.7 Å². The van der Waals surface area contributed by atoms with Gasteiger partial charge in [-0.05, 0) is 60.6 Å². The van der Waals surface area contributed by atoms with Crippen LogP contribution in [0.3, 0.4) is 0 Å². The number of aromatic nitrogens is 1. The van der Waals surface area contributed by atoms with E-state index in [2.05, 4.69) is 9.69 Å².